The minimum Gasteiger partial charge on any atom is -0.295 e. The molecule has 1 fully saturated rings. The van der Waals surface area contributed by atoms with Crippen molar-refractivity contribution in [3.63, 3.8) is 0 Å². The maximum atomic E-state index is 11.4. The molecule has 80 valence electrons. The average molecular weight is 194 g/mol. The first-order valence-corrected chi connectivity index (χ1v) is 5.68. The summed E-state index contributed by atoms with van der Waals surface area (Å²) in [6.45, 7) is 6.53. The Hall–Kier alpha value is -0.590. The highest BCUT2D eigenvalue weighted by atomic mass is 16.1. The lowest BCUT2D eigenvalue weighted by molar-refractivity contribution is -0.115. The van der Waals surface area contributed by atoms with E-state index in [0.29, 0.717) is 18.1 Å². The van der Waals surface area contributed by atoms with E-state index in [1.54, 1.807) is 6.08 Å². The van der Waals surface area contributed by atoms with Gasteiger partial charge in [-0.05, 0) is 36.7 Å². The van der Waals surface area contributed by atoms with E-state index >= 15 is 0 Å². The van der Waals surface area contributed by atoms with Crippen LogP contribution in [-0.4, -0.2) is 5.78 Å². The quantitative estimate of drug-likeness (QED) is 0.623. The molecule has 0 spiro atoms. The van der Waals surface area contributed by atoms with E-state index in [1.165, 1.54) is 19.3 Å². The number of hydrogen-bond donors (Lipinski definition) is 0. The summed E-state index contributed by atoms with van der Waals surface area (Å²) in [4.78, 5) is 11.4. The predicted molar refractivity (Wildman–Crippen MR) is 60.2 cm³/mol. The molecule has 0 amide bonds. The molecule has 0 aromatic carbocycles. The highest BCUT2D eigenvalue weighted by molar-refractivity contribution is 5.89. The fourth-order valence-electron chi connectivity index (χ4n) is 1.46. The van der Waals surface area contributed by atoms with E-state index in [4.69, 9.17) is 0 Å². The van der Waals surface area contributed by atoms with Crippen molar-refractivity contribution in [3.05, 3.63) is 12.2 Å². The lowest BCUT2D eigenvalue weighted by Gasteiger charge is -2.21. The Morgan fingerprint density at radius 1 is 1.36 bits per heavy atom. The normalized spacial score (nSPS) is 18.5. The molecular formula is C13H22O. The van der Waals surface area contributed by atoms with Crippen molar-refractivity contribution >= 4 is 5.78 Å². The zero-order chi connectivity index (χ0) is 10.6. The first-order valence-electron chi connectivity index (χ1n) is 5.68. The zero-order valence-corrected chi connectivity index (χ0v) is 9.68. The molecule has 0 unspecified atom stereocenters. The minimum absolute atomic E-state index is 0.278. The molecule has 1 nitrogen and oxygen atoms in total. The van der Waals surface area contributed by atoms with Crippen LogP contribution >= 0.6 is 0 Å². The SMILES string of the molecule is CC(C)(C)CCC(=O)/C=C/C1CCC1. The van der Waals surface area contributed by atoms with Gasteiger partial charge in [-0.3, -0.25) is 4.79 Å². The number of rotatable bonds is 4. The van der Waals surface area contributed by atoms with Crippen LogP contribution in [0.15, 0.2) is 12.2 Å². The molecule has 0 atom stereocenters. The average Bonchev–Trinajstić information content (AvgIpc) is 1.96. The van der Waals surface area contributed by atoms with Crippen molar-refractivity contribution in [2.45, 2.75) is 52.9 Å². The molecule has 1 aliphatic carbocycles. The Kier molecular flexibility index (Phi) is 3.91. The summed E-state index contributed by atoms with van der Waals surface area (Å²) in [6.07, 6.45) is 9.49. The lowest BCUT2D eigenvalue weighted by Crippen LogP contribution is -2.09. The monoisotopic (exact) mass is 194 g/mol. The van der Waals surface area contributed by atoms with Crippen LogP contribution in [0.1, 0.15) is 52.9 Å². The van der Waals surface area contributed by atoms with Gasteiger partial charge in [0.1, 0.15) is 0 Å². The van der Waals surface area contributed by atoms with Crippen molar-refractivity contribution in [2.24, 2.45) is 11.3 Å². The van der Waals surface area contributed by atoms with Crippen LogP contribution in [0.5, 0.6) is 0 Å². The number of carbonyl (C=O) groups is 1. The molecule has 1 heteroatoms. The van der Waals surface area contributed by atoms with E-state index in [1.807, 2.05) is 0 Å². The van der Waals surface area contributed by atoms with Gasteiger partial charge in [-0.2, -0.15) is 0 Å². The van der Waals surface area contributed by atoms with Crippen molar-refractivity contribution in [2.75, 3.05) is 0 Å². The molecular weight excluding hydrogens is 172 g/mol. The van der Waals surface area contributed by atoms with Crippen LogP contribution in [0.3, 0.4) is 0 Å². The van der Waals surface area contributed by atoms with Gasteiger partial charge in [0.2, 0.25) is 0 Å². The van der Waals surface area contributed by atoms with E-state index in [9.17, 15) is 4.79 Å². The van der Waals surface area contributed by atoms with Crippen LogP contribution in [0.2, 0.25) is 0 Å². The predicted octanol–water partition coefficient (Wildman–Crippen LogP) is 3.74. The third-order valence-corrected chi connectivity index (χ3v) is 2.83. The van der Waals surface area contributed by atoms with E-state index < -0.39 is 0 Å². The zero-order valence-electron chi connectivity index (χ0n) is 9.68. The molecule has 1 rings (SSSR count). The molecule has 0 N–H and O–H groups in total. The molecule has 0 radical (unpaired) electrons. The number of hydrogen-bond acceptors (Lipinski definition) is 1. The first-order chi connectivity index (χ1) is 6.47. The van der Waals surface area contributed by atoms with Gasteiger partial charge < -0.3 is 0 Å². The second kappa shape index (κ2) is 4.77. The Morgan fingerprint density at radius 3 is 2.43 bits per heavy atom. The lowest BCUT2D eigenvalue weighted by atomic mass is 9.84. The van der Waals surface area contributed by atoms with Crippen molar-refractivity contribution in [1.29, 1.82) is 0 Å². The van der Waals surface area contributed by atoms with Crippen LogP contribution in [0, 0.1) is 11.3 Å². The molecule has 0 aliphatic heterocycles. The van der Waals surface area contributed by atoms with Crippen molar-refractivity contribution < 1.29 is 4.79 Å². The summed E-state index contributed by atoms with van der Waals surface area (Å²) in [6, 6.07) is 0. The van der Waals surface area contributed by atoms with E-state index in [2.05, 4.69) is 26.8 Å². The van der Waals surface area contributed by atoms with Crippen molar-refractivity contribution in [3.8, 4) is 0 Å². The van der Waals surface area contributed by atoms with Gasteiger partial charge in [0.25, 0.3) is 0 Å². The summed E-state index contributed by atoms with van der Waals surface area (Å²) < 4.78 is 0. The number of ketones is 1. The molecule has 0 heterocycles. The molecule has 14 heavy (non-hydrogen) atoms. The van der Waals surface area contributed by atoms with E-state index in [0.717, 1.165) is 6.42 Å². The highest BCUT2D eigenvalue weighted by Gasteiger charge is 2.15. The van der Waals surface area contributed by atoms with Gasteiger partial charge in [-0.25, -0.2) is 0 Å². The molecule has 0 bridgehead atoms. The summed E-state index contributed by atoms with van der Waals surface area (Å²) in [5.41, 5.74) is 0.278. The maximum absolute atomic E-state index is 11.4. The Balaban J connectivity index is 2.18. The largest absolute Gasteiger partial charge is 0.295 e. The Bertz CT molecular complexity index is 216. The molecule has 0 aromatic heterocycles. The van der Waals surface area contributed by atoms with Gasteiger partial charge in [-0.15, -0.1) is 0 Å². The van der Waals surface area contributed by atoms with Gasteiger partial charge in [0.15, 0.2) is 5.78 Å². The summed E-state index contributed by atoms with van der Waals surface area (Å²) in [5, 5.41) is 0. The number of allylic oxidation sites excluding steroid dienone is 2. The third kappa shape index (κ3) is 4.59. The smallest absolute Gasteiger partial charge is 0.155 e. The van der Waals surface area contributed by atoms with Crippen LogP contribution in [0.4, 0.5) is 0 Å². The van der Waals surface area contributed by atoms with Gasteiger partial charge in [0.05, 0.1) is 0 Å². The second-order valence-corrected chi connectivity index (χ2v) is 5.58. The van der Waals surface area contributed by atoms with Crippen molar-refractivity contribution in [1.82, 2.24) is 0 Å². The van der Waals surface area contributed by atoms with Gasteiger partial charge >= 0.3 is 0 Å². The third-order valence-electron chi connectivity index (χ3n) is 2.83. The summed E-state index contributed by atoms with van der Waals surface area (Å²) in [7, 11) is 0. The Labute approximate surface area is 87.6 Å². The summed E-state index contributed by atoms with van der Waals surface area (Å²) in [5.74, 6) is 1.00. The van der Waals surface area contributed by atoms with E-state index in [-0.39, 0.29) is 5.41 Å². The second-order valence-electron chi connectivity index (χ2n) is 5.58. The number of carbonyl (C=O) groups excluding carboxylic acids is 1. The molecule has 0 aromatic rings. The van der Waals surface area contributed by atoms with Gasteiger partial charge in [-0.1, -0.05) is 33.3 Å². The first kappa shape index (κ1) is 11.5. The fraction of sp³-hybridized carbons (Fsp3) is 0.769. The molecule has 1 saturated carbocycles. The maximum Gasteiger partial charge on any atom is 0.155 e. The summed E-state index contributed by atoms with van der Waals surface area (Å²) >= 11 is 0. The van der Waals surface area contributed by atoms with Crippen LogP contribution < -0.4 is 0 Å². The van der Waals surface area contributed by atoms with Crippen LogP contribution in [-0.2, 0) is 4.79 Å². The molecule has 1 aliphatic rings. The fourth-order valence-corrected chi connectivity index (χ4v) is 1.46. The topological polar surface area (TPSA) is 17.1 Å². The Morgan fingerprint density at radius 2 is 2.00 bits per heavy atom. The van der Waals surface area contributed by atoms with Gasteiger partial charge in [0, 0.05) is 6.42 Å². The highest BCUT2D eigenvalue weighted by Crippen LogP contribution is 2.27. The standard InChI is InChI=1S/C13H22O/c1-13(2,3)10-9-12(14)8-7-11-5-4-6-11/h7-8,11H,4-6,9-10H2,1-3H3/b8-7+. The molecule has 0 saturated heterocycles. The minimum atomic E-state index is 0.278. The van der Waals surface area contributed by atoms with Crippen LogP contribution in [0.25, 0.3) is 0 Å².